The molecule has 0 aliphatic carbocycles. The Morgan fingerprint density at radius 2 is 2.10 bits per heavy atom. The van der Waals surface area contributed by atoms with Gasteiger partial charge in [-0.2, -0.15) is 18.3 Å². The third-order valence-electron chi connectivity index (χ3n) is 2.82. The lowest BCUT2D eigenvalue weighted by Crippen LogP contribution is -2.10. The van der Waals surface area contributed by atoms with Gasteiger partial charge in [-0.25, -0.2) is 14.5 Å². The molecule has 0 aromatic carbocycles. The van der Waals surface area contributed by atoms with Crippen LogP contribution in [-0.2, 0) is 6.18 Å². The zero-order chi connectivity index (χ0) is 14.5. The summed E-state index contributed by atoms with van der Waals surface area (Å²) in [7, 11) is 0. The molecule has 0 bridgehead atoms. The molecule has 104 valence electrons. The number of fused-ring (bicyclic) bond motifs is 1. The van der Waals surface area contributed by atoms with Crippen molar-refractivity contribution in [3.63, 3.8) is 0 Å². The first-order chi connectivity index (χ1) is 9.38. The van der Waals surface area contributed by atoms with Crippen LogP contribution in [0.2, 0.25) is 0 Å². The number of aromatic nitrogens is 4. The van der Waals surface area contributed by atoms with Crippen molar-refractivity contribution in [2.75, 3.05) is 5.73 Å². The zero-order valence-corrected chi connectivity index (χ0v) is 11.0. The third-order valence-corrected chi connectivity index (χ3v) is 3.49. The molecule has 0 aliphatic heterocycles. The minimum atomic E-state index is -4.55. The number of nitrogens with zero attached hydrogens (tertiary/aromatic N) is 4. The molecular formula is C11H8F3N5S. The molecule has 3 heterocycles. The quantitative estimate of drug-likeness (QED) is 0.750. The number of aryl methyl sites for hydroxylation is 1. The second kappa shape index (κ2) is 4.17. The summed E-state index contributed by atoms with van der Waals surface area (Å²) in [5.41, 5.74) is 7.26. The van der Waals surface area contributed by atoms with Crippen LogP contribution in [0.5, 0.6) is 0 Å². The maximum Gasteiger partial charge on any atom is 0.419 e. The number of nitrogen functional groups attached to an aromatic ring is 1. The van der Waals surface area contributed by atoms with E-state index >= 15 is 0 Å². The maximum absolute atomic E-state index is 12.9. The molecule has 0 unspecified atom stereocenters. The monoisotopic (exact) mass is 299 g/mol. The molecule has 0 spiro atoms. The maximum atomic E-state index is 12.9. The molecule has 3 aromatic rings. The smallest absolute Gasteiger partial charge is 0.383 e. The Hall–Kier alpha value is -2.16. The first-order valence-corrected chi connectivity index (χ1v) is 6.38. The minimum absolute atomic E-state index is 0.280. The predicted octanol–water partition coefficient (Wildman–Crippen LogP) is 2.76. The number of anilines is 1. The molecule has 0 atom stereocenters. The highest BCUT2D eigenvalue weighted by molar-refractivity contribution is 7.14. The Kier molecular flexibility index (Phi) is 2.68. The normalized spacial score (nSPS) is 12.2. The Labute approximate surface area is 114 Å². The van der Waals surface area contributed by atoms with Crippen molar-refractivity contribution in [3.05, 3.63) is 29.0 Å². The first-order valence-electron chi connectivity index (χ1n) is 5.50. The van der Waals surface area contributed by atoms with E-state index in [-0.39, 0.29) is 5.56 Å². The van der Waals surface area contributed by atoms with Crippen LogP contribution in [-0.4, -0.2) is 19.6 Å². The van der Waals surface area contributed by atoms with Gasteiger partial charge < -0.3 is 5.73 Å². The standard InChI is InChI=1S/C11H8F3N5S/c1-5-8(19-10(18-5)20-4-17-19)6-2-7(11(12,13)14)9(15)16-3-6/h2-4H,1H3,(H2,15,16). The molecule has 0 saturated heterocycles. The van der Waals surface area contributed by atoms with E-state index < -0.39 is 17.6 Å². The van der Waals surface area contributed by atoms with Crippen molar-refractivity contribution < 1.29 is 13.2 Å². The Balaban J connectivity index is 2.25. The van der Waals surface area contributed by atoms with Crippen molar-refractivity contribution in [1.29, 1.82) is 0 Å². The predicted molar refractivity (Wildman–Crippen MR) is 68.2 cm³/mol. The van der Waals surface area contributed by atoms with E-state index in [1.165, 1.54) is 22.0 Å². The number of imidazole rings is 1. The third kappa shape index (κ3) is 1.90. The number of pyridine rings is 1. The molecule has 2 N–H and O–H groups in total. The molecule has 0 fully saturated rings. The van der Waals surface area contributed by atoms with Gasteiger partial charge >= 0.3 is 6.18 Å². The molecule has 0 saturated carbocycles. The van der Waals surface area contributed by atoms with E-state index in [4.69, 9.17) is 5.73 Å². The van der Waals surface area contributed by atoms with E-state index in [1.54, 1.807) is 12.4 Å². The average Bonchev–Trinajstić information content (AvgIpc) is 2.88. The van der Waals surface area contributed by atoms with Gasteiger partial charge in [-0.3, -0.25) is 0 Å². The largest absolute Gasteiger partial charge is 0.419 e. The second-order valence-electron chi connectivity index (χ2n) is 4.13. The lowest BCUT2D eigenvalue weighted by atomic mass is 10.1. The van der Waals surface area contributed by atoms with Crippen molar-refractivity contribution in [2.24, 2.45) is 0 Å². The van der Waals surface area contributed by atoms with Gasteiger partial charge in [0.05, 0.1) is 17.0 Å². The lowest BCUT2D eigenvalue weighted by molar-refractivity contribution is -0.137. The van der Waals surface area contributed by atoms with E-state index in [0.29, 0.717) is 16.3 Å². The van der Waals surface area contributed by atoms with Crippen LogP contribution < -0.4 is 5.73 Å². The summed E-state index contributed by atoms with van der Waals surface area (Å²) in [6, 6.07) is 0.970. The summed E-state index contributed by atoms with van der Waals surface area (Å²) in [5.74, 6) is -0.544. The molecule has 9 heteroatoms. The van der Waals surface area contributed by atoms with Gasteiger partial charge in [0.2, 0.25) is 4.96 Å². The molecule has 3 rings (SSSR count). The fourth-order valence-electron chi connectivity index (χ4n) is 1.96. The molecule has 20 heavy (non-hydrogen) atoms. The Morgan fingerprint density at radius 1 is 1.35 bits per heavy atom. The van der Waals surface area contributed by atoms with Crippen LogP contribution in [0, 0.1) is 6.92 Å². The summed E-state index contributed by atoms with van der Waals surface area (Å²) in [6.07, 6.45) is -3.26. The van der Waals surface area contributed by atoms with Crippen molar-refractivity contribution >= 4 is 22.1 Å². The van der Waals surface area contributed by atoms with Gasteiger partial charge in [-0.15, -0.1) is 0 Å². The highest BCUT2D eigenvalue weighted by atomic mass is 32.1. The number of halogens is 3. The van der Waals surface area contributed by atoms with Gasteiger partial charge in [0.25, 0.3) is 0 Å². The van der Waals surface area contributed by atoms with Crippen molar-refractivity contribution in [1.82, 2.24) is 19.6 Å². The molecular weight excluding hydrogens is 291 g/mol. The van der Waals surface area contributed by atoms with Crippen LogP contribution in [0.1, 0.15) is 11.3 Å². The number of hydrogen-bond acceptors (Lipinski definition) is 5. The van der Waals surface area contributed by atoms with E-state index in [9.17, 15) is 13.2 Å². The van der Waals surface area contributed by atoms with Gasteiger partial charge in [0, 0.05) is 11.8 Å². The molecule has 5 nitrogen and oxygen atoms in total. The summed E-state index contributed by atoms with van der Waals surface area (Å²) in [5, 5.41) is 4.06. The minimum Gasteiger partial charge on any atom is -0.383 e. The summed E-state index contributed by atoms with van der Waals surface area (Å²) in [4.78, 5) is 8.48. The second-order valence-corrected chi connectivity index (χ2v) is 4.95. The number of alkyl halides is 3. The van der Waals surface area contributed by atoms with Gasteiger partial charge in [0.1, 0.15) is 11.3 Å². The average molecular weight is 299 g/mol. The van der Waals surface area contributed by atoms with E-state index in [0.717, 1.165) is 6.07 Å². The Bertz CT molecular complexity index is 789. The van der Waals surface area contributed by atoms with Crippen LogP contribution in [0.3, 0.4) is 0 Å². The lowest BCUT2D eigenvalue weighted by Gasteiger charge is -2.10. The topological polar surface area (TPSA) is 69.1 Å². The fraction of sp³-hybridized carbons (Fsp3) is 0.182. The fourth-order valence-corrected chi connectivity index (χ4v) is 2.62. The van der Waals surface area contributed by atoms with Crippen LogP contribution in [0.25, 0.3) is 16.2 Å². The van der Waals surface area contributed by atoms with Gasteiger partial charge in [-0.1, -0.05) is 11.3 Å². The number of hydrogen-bond donors (Lipinski definition) is 1. The number of nitrogens with two attached hydrogens (primary N) is 1. The zero-order valence-electron chi connectivity index (χ0n) is 10.1. The molecule has 3 aromatic heterocycles. The number of rotatable bonds is 1. The highest BCUT2D eigenvalue weighted by Crippen LogP contribution is 2.35. The molecule has 0 aliphatic rings. The van der Waals surface area contributed by atoms with Gasteiger partial charge in [-0.05, 0) is 13.0 Å². The van der Waals surface area contributed by atoms with Crippen LogP contribution >= 0.6 is 11.3 Å². The SMILES string of the molecule is Cc1nc2scnn2c1-c1cnc(N)c(C(F)(F)F)c1. The van der Waals surface area contributed by atoms with E-state index in [2.05, 4.69) is 15.1 Å². The molecule has 0 radical (unpaired) electrons. The first kappa shape index (κ1) is 12.9. The highest BCUT2D eigenvalue weighted by Gasteiger charge is 2.34. The summed E-state index contributed by atoms with van der Waals surface area (Å²) >= 11 is 1.30. The summed E-state index contributed by atoms with van der Waals surface area (Å²) in [6.45, 7) is 1.71. The summed E-state index contributed by atoms with van der Waals surface area (Å²) < 4.78 is 40.1. The van der Waals surface area contributed by atoms with Crippen LogP contribution in [0.15, 0.2) is 17.8 Å². The molecule has 0 amide bonds. The Morgan fingerprint density at radius 3 is 2.80 bits per heavy atom. The van der Waals surface area contributed by atoms with E-state index in [1.807, 2.05) is 0 Å². The van der Waals surface area contributed by atoms with Gasteiger partial charge in [0.15, 0.2) is 0 Å². The van der Waals surface area contributed by atoms with Crippen molar-refractivity contribution in [2.45, 2.75) is 13.1 Å². The van der Waals surface area contributed by atoms with Crippen molar-refractivity contribution in [3.8, 4) is 11.3 Å². The van der Waals surface area contributed by atoms with Crippen LogP contribution in [0.4, 0.5) is 19.0 Å².